The maximum Gasteiger partial charge on any atom is -0.0171 e. The molecule has 0 amide bonds. The molecule has 0 saturated heterocycles. The van der Waals surface area contributed by atoms with Crippen molar-refractivity contribution in [2.24, 2.45) is 0 Å². The molecular weight excluding hydrogens is 156 g/mol. The zero-order valence-electron chi connectivity index (χ0n) is 8.54. The van der Waals surface area contributed by atoms with Crippen LogP contribution < -0.4 is 0 Å². The third-order valence-corrected chi connectivity index (χ3v) is 2.42. The molecule has 0 bridgehead atoms. The van der Waals surface area contributed by atoms with Gasteiger partial charge in [-0.05, 0) is 44.9 Å². The van der Waals surface area contributed by atoms with E-state index in [2.05, 4.69) is 30.7 Å². The van der Waals surface area contributed by atoms with Gasteiger partial charge in [0.2, 0.25) is 0 Å². The number of hydrogen-bond donors (Lipinski definition) is 0. The Hall–Kier alpha value is -0.520. The molecule has 73 valence electrons. The van der Waals surface area contributed by atoms with Crippen molar-refractivity contribution in [1.82, 2.24) is 0 Å². The van der Waals surface area contributed by atoms with E-state index >= 15 is 0 Å². The first kappa shape index (κ1) is 10.6. The summed E-state index contributed by atoms with van der Waals surface area (Å²) in [5.74, 6) is 0. The molecule has 1 radical (unpaired) electrons. The Labute approximate surface area is 82.7 Å². The highest BCUT2D eigenvalue weighted by atomic mass is 14.0. The van der Waals surface area contributed by atoms with Gasteiger partial charge in [-0.1, -0.05) is 37.1 Å². The van der Waals surface area contributed by atoms with Gasteiger partial charge >= 0.3 is 0 Å². The van der Waals surface area contributed by atoms with Crippen molar-refractivity contribution in [2.75, 3.05) is 0 Å². The van der Waals surface area contributed by atoms with Gasteiger partial charge in [0.15, 0.2) is 0 Å². The van der Waals surface area contributed by atoms with Crippen molar-refractivity contribution in [3.05, 3.63) is 30.7 Å². The van der Waals surface area contributed by atoms with Crippen LogP contribution in [0.3, 0.4) is 0 Å². The second kappa shape index (κ2) is 8.10. The van der Waals surface area contributed by atoms with Crippen molar-refractivity contribution in [1.29, 1.82) is 0 Å². The van der Waals surface area contributed by atoms with Crippen molar-refractivity contribution in [3.63, 3.8) is 0 Å². The number of rotatable bonds is 0. The topological polar surface area (TPSA) is 0 Å². The van der Waals surface area contributed by atoms with E-state index in [1.165, 1.54) is 51.4 Å². The molecule has 0 atom stereocenters. The van der Waals surface area contributed by atoms with Crippen LogP contribution in [0.15, 0.2) is 24.3 Å². The maximum atomic E-state index is 2.35. The summed E-state index contributed by atoms with van der Waals surface area (Å²) in [5.41, 5.74) is 0. The predicted octanol–water partition coefficient (Wildman–Crippen LogP) is 4.44. The van der Waals surface area contributed by atoms with Gasteiger partial charge < -0.3 is 0 Å². The summed E-state index contributed by atoms with van der Waals surface area (Å²) in [6.45, 7) is 0. The Morgan fingerprint density at radius 1 is 0.538 bits per heavy atom. The molecule has 0 aromatic rings. The lowest BCUT2D eigenvalue weighted by Crippen LogP contribution is -1.76. The molecule has 0 aliphatic heterocycles. The summed E-state index contributed by atoms with van der Waals surface area (Å²) in [7, 11) is 0. The molecule has 1 rings (SSSR count). The molecule has 0 aromatic carbocycles. The van der Waals surface area contributed by atoms with E-state index in [-0.39, 0.29) is 0 Å². The minimum absolute atomic E-state index is 1.24. The van der Waals surface area contributed by atoms with E-state index in [1.807, 2.05) is 0 Å². The van der Waals surface area contributed by atoms with Gasteiger partial charge in [-0.15, -0.1) is 0 Å². The largest absolute Gasteiger partial charge is 0.0885 e. The molecule has 0 aromatic heterocycles. The molecule has 1 aliphatic carbocycles. The highest BCUT2D eigenvalue weighted by Crippen LogP contribution is 2.08. The lowest BCUT2D eigenvalue weighted by Gasteiger charge is -1.95. The van der Waals surface area contributed by atoms with E-state index in [0.717, 1.165) is 0 Å². The average molecular weight is 177 g/mol. The monoisotopic (exact) mass is 177 g/mol. The van der Waals surface area contributed by atoms with Crippen LogP contribution in [0.5, 0.6) is 0 Å². The highest BCUT2D eigenvalue weighted by Gasteiger charge is 1.89. The maximum absolute atomic E-state index is 2.35. The molecule has 0 N–H and O–H groups in total. The fraction of sp³-hybridized carbons (Fsp3) is 0.615. The van der Waals surface area contributed by atoms with E-state index in [9.17, 15) is 0 Å². The molecule has 0 nitrogen and oxygen atoms in total. The fourth-order valence-electron chi connectivity index (χ4n) is 1.58. The first-order valence-electron chi connectivity index (χ1n) is 5.63. The van der Waals surface area contributed by atoms with Crippen LogP contribution in [-0.2, 0) is 0 Å². The fourth-order valence-corrected chi connectivity index (χ4v) is 1.58. The number of allylic oxidation sites excluding steroid dienone is 4. The smallest absolute Gasteiger partial charge is 0.0171 e. The Bertz CT molecular complexity index is 135. The van der Waals surface area contributed by atoms with Gasteiger partial charge in [-0.3, -0.25) is 0 Å². The highest BCUT2D eigenvalue weighted by molar-refractivity contribution is 4.95. The summed E-state index contributed by atoms with van der Waals surface area (Å²) in [6, 6.07) is 0. The predicted molar refractivity (Wildman–Crippen MR) is 59.5 cm³/mol. The molecule has 0 spiro atoms. The van der Waals surface area contributed by atoms with Gasteiger partial charge in [0, 0.05) is 0 Å². The van der Waals surface area contributed by atoms with Gasteiger partial charge in [0.1, 0.15) is 0 Å². The van der Waals surface area contributed by atoms with Crippen LogP contribution in [0, 0.1) is 6.42 Å². The van der Waals surface area contributed by atoms with Crippen molar-refractivity contribution >= 4 is 0 Å². The SMILES string of the molecule is [CH]1/C=C/CCC/C=C\CCCCC1. The van der Waals surface area contributed by atoms with Crippen molar-refractivity contribution < 1.29 is 0 Å². The van der Waals surface area contributed by atoms with Crippen LogP contribution in [0.1, 0.15) is 51.4 Å². The second-order valence-corrected chi connectivity index (χ2v) is 3.70. The quantitative estimate of drug-likeness (QED) is 0.480. The zero-order valence-corrected chi connectivity index (χ0v) is 8.54. The molecule has 0 fully saturated rings. The number of hydrogen-bond acceptors (Lipinski definition) is 0. The minimum Gasteiger partial charge on any atom is -0.0885 e. The molecule has 0 heterocycles. The molecule has 0 heteroatoms. The van der Waals surface area contributed by atoms with Crippen LogP contribution in [-0.4, -0.2) is 0 Å². The van der Waals surface area contributed by atoms with E-state index in [0.29, 0.717) is 0 Å². The Morgan fingerprint density at radius 2 is 1.23 bits per heavy atom. The Balaban J connectivity index is 2.18. The van der Waals surface area contributed by atoms with Gasteiger partial charge in [0.25, 0.3) is 0 Å². The molecular formula is C13H21. The normalized spacial score (nSPS) is 26.5. The zero-order chi connectivity index (χ0) is 9.19. The van der Waals surface area contributed by atoms with E-state index < -0.39 is 0 Å². The van der Waals surface area contributed by atoms with Gasteiger partial charge in [-0.25, -0.2) is 0 Å². The molecule has 0 unspecified atom stereocenters. The summed E-state index contributed by atoms with van der Waals surface area (Å²) < 4.78 is 0. The minimum atomic E-state index is 1.24. The van der Waals surface area contributed by atoms with E-state index in [1.54, 1.807) is 0 Å². The second-order valence-electron chi connectivity index (χ2n) is 3.70. The average Bonchev–Trinajstić information content (AvgIpc) is 2.18. The van der Waals surface area contributed by atoms with Crippen LogP contribution in [0.2, 0.25) is 0 Å². The summed E-state index contributed by atoms with van der Waals surface area (Å²) in [4.78, 5) is 0. The Morgan fingerprint density at radius 3 is 2.15 bits per heavy atom. The van der Waals surface area contributed by atoms with Crippen LogP contribution in [0.4, 0.5) is 0 Å². The third-order valence-electron chi connectivity index (χ3n) is 2.42. The first-order valence-corrected chi connectivity index (χ1v) is 5.63. The Kier molecular flexibility index (Phi) is 6.58. The summed E-state index contributed by atoms with van der Waals surface area (Å²) in [5, 5.41) is 0. The third kappa shape index (κ3) is 6.62. The molecule has 0 saturated carbocycles. The summed E-state index contributed by atoms with van der Waals surface area (Å²) in [6.07, 6.45) is 22.0. The van der Waals surface area contributed by atoms with Crippen LogP contribution in [0.25, 0.3) is 0 Å². The summed E-state index contributed by atoms with van der Waals surface area (Å²) >= 11 is 0. The van der Waals surface area contributed by atoms with Crippen molar-refractivity contribution in [2.45, 2.75) is 51.4 Å². The molecule has 13 heavy (non-hydrogen) atoms. The molecule has 1 aliphatic rings. The standard InChI is InChI=1S/C13H21/c1-2-4-6-8-10-12-13-11-9-7-5-3-1/h1-3,10,12H,4-9,11,13H2/b2-1+,12-10-. The lowest BCUT2D eigenvalue weighted by molar-refractivity contribution is 0.686. The van der Waals surface area contributed by atoms with Crippen LogP contribution >= 0.6 is 0 Å². The van der Waals surface area contributed by atoms with E-state index in [4.69, 9.17) is 0 Å². The van der Waals surface area contributed by atoms with Gasteiger partial charge in [-0.2, -0.15) is 0 Å². The first-order chi connectivity index (χ1) is 6.50. The van der Waals surface area contributed by atoms with Gasteiger partial charge in [0.05, 0.1) is 0 Å². The lowest BCUT2D eigenvalue weighted by atomic mass is 10.1. The van der Waals surface area contributed by atoms with Crippen molar-refractivity contribution in [3.8, 4) is 0 Å².